The van der Waals surface area contributed by atoms with Crippen LogP contribution in [0.4, 0.5) is 0 Å². The van der Waals surface area contributed by atoms with Crippen LogP contribution in [0.2, 0.25) is 0 Å². The van der Waals surface area contributed by atoms with E-state index >= 15 is 0 Å². The molecule has 0 aliphatic rings. The first-order valence-electron chi connectivity index (χ1n) is 5.80. The number of H-pyrrole nitrogens is 1. The van der Waals surface area contributed by atoms with Crippen LogP contribution in [-0.2, 0) is 10.0 Å². The Kier molecular flexibility index (Phi) is 4.54. The molecule has 106 valence electrons. The van der Waals surface area contributed by atoms with Crippen LogP contribution < -0.4 is 0 Å². The Morgan fingerprint density at radius 2 is 2.05 bits per heavy atom. The normalized spacial score (nSPS) is 11.8. The highest BCUT2D eigenvalue weighted by Crippen LogP contribution is 2.26. The first-order valence-corrected chi connectivity index (χ1v) is 7.24. The second-order valence-corrected chi connectivity index (χ2v) is 6.00. The van der Waals surface area contributed by atoms with Crippen molar-refractivity contribution in [2.24, 2.45) is 0 Å². The van der Waals surface area contributed by atoms with Gasteiger partial charge in [-0.05, 0) is 13.8 Å². The number of aromatic carboxylic acids is 1. The van der Waals surface area contributed by atoms with Crippen molar-refractivity contribution in [1.82, 2.24) is 9.29 Å². The van der Waals surface area contributed by atoms with E-state index in [0.29, 0.717) is 12.2 Å². The molecule has 0 fully saturated rings. The molecule has 1 rings (SSSR count). The molecule has 6 nitrogen and oxygen atoms in total. The zero-order valence-electron chi connectivity index (χ0n) is 11.2. The summed E-state index contributed by atoms with van der Waals surface area (Å²) in [5.74, 6) is -1.17. The number of carbonyl (C=O) groups is 1. The lowest BCUT2D eigenvalue weighted by Gasteiger charge is -2.19. The van der Waals surface area contributed by atoms with E-state index in [1.165, 1.54) is 17.3 Å². The monoisotopic (exact) mass is 286 g/mol. The van der Waals surface area contributed by atoms with E-state index in [1.807, 2.05) is 0 Å². The zero-order chi connectivity index (χ0) is 14.8. The Morgan fingerprint density at radius 3 is 2.42 bits per heavy atom. The van der Waals surface area contributed by atoms with Gasteiger partial charge in [-0.1, -0.05) is 13.0 Å². The predicted octanol–water partition coefficient (Wildman–Crippen LogP) is 1.53. The molecule has 0 bridgehead atoms. The van der Waals surface area contributed by atoms with Crippen LogP contribution in [0.5, 0.6) is 0 Å². The molecule has 0 atom stereocenters. The highest BCUT2D eigenvalue weighted by atomic mass is 32.2. The van der Waals surface area contributed by atoms with Gasteiger partial charge in [-0.3, -0.25) is 0 Å². The van der Waals surface area contributed by atoms with Crippen molar-refractivity contribution in [2.45, 2.75) is 25.7 Å². The van der Waals surface area contributed by atoms with Gasteiger partial charge in [-0.2, -0.15) is 4.31 Å². The second kappa shape index (κ2) is 5.58. The maximum atomic E-state index is 12.5. The third-order valence-electron chi connectivity index (χ3n) is 2.87. The number of rotatable bonds is 6. The van der Waals surface area contributed by atoms with E-state index in [-0.39, 0.29) is 22.7 Å². The van der Waals surface area contributed by atoms with Crippen LogP contribution in [0.25, 0.3) is 0 Å². The van der Waals surface area contributed by atoms with Crippen molar-refractivity contribution in [2.75, 3.05) is 13.1 Å². The third-order valence-corrected chi connectivity index (χ3v) is 5.08. The fourth-order valence-electron chi connectivity index (χ4n) is 2.00. The standard InChI is InChI=1S/C12H18N2O4S/c1-5-7-14(6-2)19(17,18)11-8(3)10(12(15)16)13-9(11)4/h5,13H,1,6-7H2,2-4H3,(H,15,16). The van der Waals surface area contributed by atoms with Crippen LogP contribution in [-0.4, -0.2) is 41.9 Å². The predicted molar refractivity (Wildman–Crippen MR) is 71.9 cm³/mol. The van der Waals surface area contributed by atoms with Crippen molar-refractivity contribution < 1.29 is 18.3 Å². The molecule has 1 heterocycles. The summed E-state index contributed by atoms with van der Waals surface area (Å²) in [6.07, 6.45) is 1.50. The largest absolute Gasteiger partial charge is 0.477 e. The second-order valence-electron chi connectivity index (χ2n) is 4.13. The van der Waals surface area contributed by atoms with Crippen molar-refractivity contribution >= 4 is 16.0 Å². The highest BCUT2D eigenvalue weighted by Gasteiger charge is 2.30. The summed E-state index contributed by atoms with van der Waals surface area (Å²) in [7, 11) is -3.72. The van der Waals surface area contributed by atoms with Gasteiger partial charge in [0.2, 0.25) is 10.0 Å². The maximum Gasteiger partial charge on any atom is 0.352 e. The van der Waals surface area contributed by atoms with Gasteiger partial charge in [0.15, 0.2) is 0 Å². The summed E-state index contributed by atoms with van der Waals surface area (Å²) in [5, 5.41) is 9.01. The van der Waals surface area contributed by atoms with Gasteiger partial charge < -0.3 is 10.1 Å². The van der Waals surface area contributed by atoms with Gasteiger partial charge in [-0.25, -0.2) is 13.2 Å². The number of carboxylic acid groups (broad SMARTS) is 1. The smallest absolute Gasteiger partial charge is 0.352 e. The van der Waals surface area contributed by atoms with E-state index in [9.17, 15) is 13.2 Å². The van der Waals surface area contributed by atoms with Crippen LogP contribution in [0.15, 0.2) is 17.6 Å². The van der Waals surface area contributed by atoms with E-state index in [2.05, 4.69) is 11.6 Å². The average molecular weight is 286 g/mol. The van der Waals surface area contributed by atoms with E-state index in [1.54, 1.807) is 13.8 Å². The van der Waals surface area contributed by atoms with Crippen molar-refractivity contribution in [3.63, 3.8) is 0 Å². The number of likely N-dealkylation sites (N-methyl/N-ethyl adjacent to an activating group) is 1. The molecule has 0 aromatic carbocycles. The number of aromatic amines is 1. The highest BCUT2D eigenvalue weighted by molar-refractivity contribution is 7.89. The Hall–Kier alpha value is -1.60. The van der Waals surface area contributed by atoms with Gasteiger partial charge >= 0.3 is 5.97 Å². The number of nitrogens with one attached hydrogen (secondary N) is 1. The number of hydrogen-bond donors (Lipinski definition) is 2. The lowest BCUT2D eigenvalue weighted by atomic mass is 10.2. The summed E-state index contributed by atoms with van der Waals surface area (Å²) in [6.45, 7) is 8.76. The maximum absolute atomic E-state index is 12.5. The molecule has 0 aliphatic heterocycles. The first-order chi connectivity index (χ1) is 8.77. The number of aromatic nitrogens is 1. The Labute approximate surface area is 112 Å². The van der Waals surface area contributed by atoms with Crippen molar-refractivity contribution in [3.8, 4) is 0 Å². The minimum atomic E-state index is -3.72. The van der Waals surface area contributed by atoms with Gasteiger partial charge in [0.25, 0.3) is 0 Å². The van der Waals surface area contributed by atoms with Crippen molar-refractivity contribution in [3.05, 3.63) is 29.6 Å². The molecule has 7 heteroatoms. The molecule has 0 spiro atoms. The molecule has 0 saturated carbocycles. The first kappa shape index (κ1) is 15.5. The zero-order valence-corrected chi connectivity index (χ0v) is 12.0. The fraction of sp³-hybridized carbons (Fsp3) is 0.417. The number of nitrogens with zero attached hydrogens (tertiary/aromatic N) is 1. The molecule has 1 aromatic heterocycles. The molecule has 1 aromatic rings. The van der Waals surface area contributed by atoms with E-state index < -0.39 is 16.0 Å². The quantitative estimate of drug-likeness (QED) is 0.776. The van der Waals surface area contributed by atoms with E-state index in [4.69, 9.17) is 5.11 Å². The topological polar surface area (TPSA) is 90.5 Å². The molecule has 0 unspecified atom stereocenters. The number of aryl methyl sites for hydroxylation is 1. The van der Waals surface area contributed by atoms with Crippen molar-refractivity contribution in [1.29, 1.82) is 0 Å². The molecular weight excluding hydrogens is 268 g/mol. The average Bonchev–Trinajstić information content (AvgIpc) is 2.61. The Bertz CT molecular complexity index is 601. The number of hydrogen-bond acceptors (Lipinski definition) is 3. The number of sulfonamides is 1. The molecule has 19 heavy (non-hydrogen) atoms. The molecule has 0 saturated heterocycles. The molecule has 0 radical (unpaired) electrons. The van der Waals surface area contributed by atoms with Gasteiger partial charge in [-0.15, -0.1) is 6.58 Å². The molecule has 2 N–H and O–H groups in total. The van der Waals surface area contributed by atoms with Gasteiger partial charge in [0.05, 0.1) is 0 Å². The third kappa shape index (κ3) is 2.71. The van der Waals surface area contributed by atoms with Crippen LogP contribution >= 0.6 is 0 Å². The number of carboxylic acids is 1. The molecule has 0 aliphatic carbocycles. The molecular formula is C12H18N2O4S. The lowest BCUT2D eigenvalue weighted by molar-refractivity contribution is 0.0690. The molecule has 0 amide bonds. The summed E-state index contributed by atoms with van der Waals surface area (Å²) >= 11 is 0. The van der Waals surface area contributed by atoms with Gasteiger partial charge in [0.1, 0.15) is 10.6 Å². The summed E-state index contributed by atoms with van der Waals surface area (Å²) < 4.78 is 26.2. The van der Waals surface area contributed by atoms with Gasteiger partial charge in [0, 0.05) is 24.3 Å². The lowest BCUT2D eigenvalue weighted by Crippen LogP contribution is -2.31. The summed E-state index contributed by atoms with van der Waals surface area (Å²) in [5.41, 5.74) is 0.468. The van der Waals surface area contributed by atoms with Crippen LogP contribution in [0, 0.1) is 13.8 Å². The van der Waals surface area contributed by atoms with Crippen LogP contribution in [0.1, 0.15) is 28.7 Å². The summed E-state index contributed by atoms with van der Waals surface area (Å²) in [6, 6.07) is 0. The minimum Gasteiger partial charge on any atom is -0.477 e. The Morgan fingerprint density at radius 1 is 1.47 bits per heavy atom. The van der Waals surface area contributed by atoms with Crippen LogP contribution in [0.3, 0.4) is 0 Å². The van der Waals surface area contributed by atoms with E-state index in [0.717, 1.165) is 0 Å². The fourth-order valence-corrected chi connectivity index (χ4v) is 3.83. The Balaban J connectivity index is 3.44. The SMILES string of the molecule is C=CCN(CC)S(=O)(=O)c1c(C)[nH]c(C(=O)O)c1C. The summed E-state index contributed by atoms with van der Waals surface area (Å²) in [4.78, 5) is 13.7. The minimum absolute atomic E-state index is 0.0357.